The van der Waals surface area contributed by atoms with Crippen LogP contribution in [0.1, 0.15) is 57.9 Å². The molecular formula is C37H41BN2O5. The van der Waals surface area contributed by atoms with E-state index in [0.29, 0.717) is 24.8 Å². The molecule has 2 heterocycles. The van der Waals surface area contributed by atoms with Crippen molar-refractivity contribution in [2.45, 2.75) is 64.8 Å². The topological polar surface area (TPSA) is 99.1 Å². The van der Waals surface area contributed by atoms with E-state index in [2.05, 4.69) is 25.2 Å². The lowest BCUT2D eigenvalue weighted by Gasteiger charge is -2.43. The van der Waals surface area contributed by atoms with E-state index in [9.17, 15) is 19.7 Å². The fourth-order valence-corrected chi connectivity index (χ4v) is 7.45. The Bertz CT molecular complexity index is 1590. The summed E-state index contributed by atoms with van der Waals surface area (Å²) in [6, 6.07) is 24.5. The Morgan fingerprint density at radius 3 is 2.33 bits per heavy atom. The number of hydrogen-bond donors (Lipinski definition) is 3. The predicted octanol–water partition coefficient (Wildman–Crippen LogP) is 7.51. The number of amides is 2. The fraction of sp³-hybridized carbons (Fsp3) is 0.351. The summed E-state index contributed by atoms with van der Waals surface area (Å²) in [6.45, 7) is 4.26. The zero-order chi connectivity index (χ0) is 31.5. The van der Waals surface area contributed by atoms with E-state index in [-0.39, 0.29) is 29.6 Å². The average molecular weight is 605 g/mol. The number of benzene rings is 3. The number of carbonyl (C=O) groups excluding carboxylic acids is 2. The van der Waals surface area contributed by atoms with Crippen LogP contribution in [-0.4, -0.2) is 35.2 Å². The van der Waals surface area contributed by atoms with Crippen molar-refractivity contribution in [2.75, 3.05) is 10.2 Å². The minimum atomic E-state index is -0.989. The molecule has 3 aromatic rings. The van der Waals surface area contributed by atoms with E-state index in [0.717, 1.165) is 48.2 Å². The molecule has 3 aliphatic rings. The van der Waals surface area contributed by atoms with Gasteiger partial charge < -0.3 is 20.1 Å². The van der Waals surface area contributed by atoms with E-state index in [1.165, 1.54) is 16.0 Å². The molecule has 0 aromatic heterocycles. The molecule has 2 fully saturated rings. The summed E-state index contributed by atoms with van der Waals surface area (Å²) in [5.74, 6) is -1.27. The molecule has 45 heavy (non-hydrogen) atoms. The molecule has 6 rings (SSSR count). The van der Waals surface area contributed by atoms with Gasteiger partial charge in [0.25, 0.3) is 0 Å². The second kappa shape index (κ2) is 13.5. The van der Waals surface area contributed by atoms with Crippen LogP contribution in [0.15, 0.2) is 95.6 Å². The van der Waals surface area contributed by atoms with Gasteiger partial charge in [0.05, 0.1) is 23.6 Å². The van der Waals surface area contributed by atoms with Gasteiger partial charge in [-0.1, -0.05) is 67.8 Å². The van der Waals surface area contributed by atoms with Crippen molar-refractivity contribution in [1.29, 1.82) is 0 Å². The maximum atomic E-state index is 14.1. The molecule has 4 atom stereocenters. The van der Waals surface area contributed by atoms with E-state index in [4.69, 9.17) is 4.65 Å². The van der Waals surface area contributed by atoms with Crippen LogP contribution in [-0.2, 0) is 14.2 Å². The largest absolute Gasteiger partial charge is 0.508 e. The highest BCUT2D eigenvalue weighted by Crippen LogP contribution is 2.52. The monoisotopic (exact) mass is 604 g/mol. The number of nitrogens with zero attached hydrogens (tertiary/aromatic N) is 1. The van der Waals surface area contributed by atoms with Crippen molar-refractivity contribution in [3.63, 3.8) is 0 Å². The van der Waals surface area contributed by atoms with Gasteiger partial charge >= 0.3 is 7.12 Å². The molecule has 1 aliphatic carbocycles. The lowest BCUT2D eigenvalue weighted by atomic mass is 9.58. The SMILES string of the molecule is CCC/C(=C\c1ccc(O)cc1)CC[C@H]1OB(O)C[C@H]2C1=C(CC)C[C@H]1C(=O)N(c3ccc(Nc4ccccc4)cc3)C(=O)[C@H]12. The highest BCUT2D eigenvalue weighted by Gasteiger charge is 2.57. The molecule has 3 aromatic carbocycles. The van der Waals surface area contributed by atoms with Crippen LogP contribution in [0.4, 0.5) is 17.1 Å². The number of allylic oxidation sites excluding steroid dienone is 2. The first-order valence-corrected chi connectivity index (χ1v) is 16.2. The van der Waals surface area contributed by atoms with E-state index >= 15 is 0 Å². The first kappa shape index (κ1) is 30.9. The Morgan fingerprint density at radius 1 is 0.933 bits per heavy atom. The number of imide groups is 1. The highest BCUT2D eigenvalue weighted by molar-refractivity contribution is 6.43. The number of aromatic hydroxyl groups is 1. The third kappa shape index (κ3) is 6.49. The van der Waals surface area contributed by atoms with Gasteiger partial charge in [-0.15, -0.1) is 0 Å². The van der Waals surface area contributed by atoms with Crippen LogP contribution in [0.25, 0.3) is 6.08 Å². The minimum Gasteiger partial charge on any atom is -0.508 e. The van der Waals surface area contributed by atoms with Gasteiger partial charge in [0, 0.05) is 11.4 Å². The standard InChI is InChI=1S/C37H41BN2O5/c1-3-8-24(21-25-11-18-30(41)19-12-25)13-20-33-34-26(4-2)22-31-35(32(34)23-38(44)45-33)37(43)40(36(31)42)29-16-14-28(15-17-29)39-27-9-6-5-7-10-27/h5-7,9-12,14-19,21,31-33,35,39,41,44H,3-4,8,13,20,22-23H2,1-2H3/b24-21+/t31-,32+,33-,35-/m1/s1. The molecule has 0 unspecified atom stereocenters. The molecule has 3 N–H and O–H groups in total. The molecule has 232 valence electrons. The molecule has 7 nitrogen and oxygen atoms in total. The Labute approximate surface area is 265 Å². The molecule has 2 amide bonds. The minimum absolute atomic E-state index is 0.154. The molecule has 0 saturated carbocycles. The number of hydrogen-bond acceptors (Lipinski definition) is 6. The van der Waals surface area contributed by atoms with Crippen molar-refractivity contribution >= 4 is 42.1 Å². The second-order valence-electron chi connectivity index (χ2n) is 12.4. The first-order valence-electron chi connectivity index (χ1n) is 16.2. The quantitative estimate of drug-likeness (QED) is 0.126. The summed E-state index contributed by atoms with van der Waals surface area (Å²) < 4.78 is 6.19. The van der Waals surface area contributed by atoms with Crippen LogP contribution in [0, 0.1) is 17.8 Å². The Balaban J connectivity index is 1.22. The molecule has 8 heteroatoms. The van der Waals surface area contributed by atoms with Gasteiger partial charge in [0.2, 0.25) is 11.8 Å². The summed E-state index contributed by atoms with van der Waals surface area (Å²) in [5.41, 5.74) is 7.02. The lowest BCUT2D eigenvalue weighted by Crippen LogP contribution is -2.46. The molecular weight excluding hydrogens is 563 g/mol. The third-order valence-corrected chi connectivity index (χ3v) is 9.49. The summed E-state index contributed by atoms with van der Waals surface area (Å²) in [5, 5.41) is 23.9. The second-order valence-corrected chi connectivity index (χ2v) is 12.4. The summed E-state index contributed by atoms with van der Waals surface area (Å²) >= 11 is 0. The number of anilines is 3. The molecule has 2 saturated heterocycles. The van der Waals surface area contributed by atoms with Gasteiger partial charge in [-0.3, -0.25) is 14.5 Å². The molecule has 0 radical (unpaired) electrons. The number of carbonyl (C=O) groups is 2. The van der Waals surface area contributed by atoms with Crippen molar-refractivity contribution in [1.82, 2.24) is 0 Å². The van der Waals surface area contributed by atoms with Crippen LogP contribution < -0.4 is 10.2 Å². The van der Waals surface area contributed by atoms with Crippen molar-refractivity contribution in [3.8, 4) is 5.75 Å². The zero-order valence-electron chi connectivity index (χ0n) is 26.0. The third-order valence-electron chi connectivity index (χ3n) is 9.49. The zero-order valence-corrected chi connectivity index (χ0v) is 26.0. The van der Waals surface area contributed by atoms with Gasteiger partial charge in [-0.2, -0.15) is 0 Å². The van der Waals surface area contributed by atoms with Gasteiger partial charge in [0.15, 0.2) is 0 Å². The number of para-hydroxylation sites is 1. The maximum Gasteiger partial charge on any atom is 0.455 e. The Morgan fingerprint density at radius 2 is 1.64 bits per heavy atom. The van der Waals surface area contributed by atoms with Crippen LogP contribution in [0.5, 0.6) is 5.75 Å². The fourth-order valence-electron chi connectivity index (χ4n) is 7.45. The first-order chi connectivity index (χ1) is 21.9. The van der Waals surface area contributed by atoms with Crippen molar-refractivity contribution in [2.24, 2.45) is 17.8 Å². The van der Waals surface area contributed by atoms with Gasteiger partial charge in [0.1, 0.15) is 5.75 Å². The van der Waals surface area contributed by atoms with E-state index in [1.54, 1.807) is 12.1 Å². The van der Waals surface area contributed by atoms with Crippen LogP contribution in [0.3, 0.4) is 0 Å². The molecule has 0 bridgehead atoms. The summed E-state index contributed by atoms with van der Waals surface area (Å²) in [7, 11) is -0.989. The highest BCUT2D eigenvalue weighted by atomic mass is 16.5. The van der Waals surface area contributed by atoms with E-state index in [1.807, 2.05) is 66.7 Å². The number of phenolic OH excluding ortho intramolecular Hbond substituents is 1. The normalized spacial score (nSPS) is 23.3. The van der Waals surface area contributed by atoms with Crippen molar-refractivity contribution in [3.05, 3.63) is 101 Å². The number of nitrogens with one attached hydrogen (secondary N) is 1. The smallest absolute Gasteiger partial charge is 0.455 e. The maximum absolute atomic E-state index is 14.1. The van der Waals surface area contributed by atoms with Gasteiger partial charge in [-0.05, 0) is 104 Å². The number of rotatable bonds is 10. The van der Waals surface area contributed by atoms with Crippen molar-refractivity contribution < 1.29 is 24.4 Å². The van der Waals surface area contributed by atoms with Crippen LogP contribution in [0.2, 0.25) is 6.32 Å². The molecule has 2 aliphatic heterocycles. The van der Waals surface area contributed by atoms with E-state index < -0.39 is 19.0 Å². The average Bonchev–Trinajstić information content (AvgIpc) is 3.30. The summed E-state index contributed by atoms with van der Waals surface area (Å²) in [6.07, 6.45) is 6.91. The number of fused-ring (bicyclic) bond motifs is 3. The summed E-state index contributed by atoms with van der Waals surface area (Å²) in [4.78, 5) is 29.3. The predicted molar refractivity (Wildman–Crippen MR) is 179 cm³/mol. The Hall–Kier alpha value is -4.14. The number of phenols is 1. The lowest BCUT2D eigenvalue weighted by molar-refractivity contribution is -0.122. The molecule has 0 spiro atoms. The Kier molecular flexibility index (Phi) is 9.24. The van der Waals surface area contributed by atoms with Crippen LogP contribution >= 0.6 is 0 Å². The van der Waals surface area contributed by atoms with Gasteiger partial charge in [-0.25, -0.2) is 0 Å².